The lowest BCUT2D eigenvalue weighted by Gasteiger charge is -2.40. The van der Waals surface area contributed by atoms with Crippen LogP contribution in [0.4, 0.5) is 0 Å². The van der Waals surface area contributed by atoms with Crippen LogP contribution in [0.1, 0.15) is 82.1 Å². The molecule has 0 rings (SSSR count). The van der Waals surface area contributed by atoms with Crippen molar-refractivity contribution in [3.05, 3.63) is 0 Å². The highest BCUT2D eigenvalue weighted by Gasteiger charge is 2.41. The molecule has 0 aromatic heterocycles. The Bertz CT molecular complexity index is 547. The van der Waals surface area contributed by atoms with E-state index >= 15 is 0 Å². The maximum absolute atomic E-state index is 12.9. The van der Waals surface area contributed by atoms with Gasteiger partial charge in [0.1, 0.15) is 10.6 Å². The van der Waals surface area contributed by atoms with Crippen molar-refractivity contribution >= 4 is 40.6 Å². The van der Waals surface area contributed by atoms with Crippen LogP contribution in [0, 0.1) is 22.7 Å². The van der Waals surface area contributed by atoms with Crippen LogP contribution >= 0.6 is 24.0 Å². The quantitative estimate of drug-likeness (QED) is 0.179. The Morgan fingerprint density at radius 1 is 1.07 bits per heavy atom. The van der Waals surface area contributed by atoms with Crippen molar-refractivity contribution in [2.75, 3.05) is 19.7 Å². The Labute approximate surface area is 188 Å². The molecule has 0 aromatic rings. The number of esters is 1. The summed E-state index contributed by atoms with van der Waals surface area (Å²) in [5.41, 5.74) is -0.156. The Hall–Kier alpha value is -0.620. The van der Waals surface area contributed by atoms with E-state index in [-0.39, 0.29) is 28.6 Å². The molecule has 0 aliphatic heterocycles. The number of carbonyl (C=O) groups is 2. The maximum Gasteiger partial charge on any atom is 0.309 e. The minimum atomic E-state index is -0.603. The summed E-state index contributed by atoms with van der Waals surface area (Å²) in [7, 11) is 0. The molecule has 0 radical (unpaired) electrons. The summed E-state index contributed by atoms with van der Waals surface area (Å²) in [6.45, 7) is 22.9. The number of thioether (sulfide) groups is 1. The van der Waals surface area contributed by atoms with Gasteiger partial charge in [0, 0.05) is 13.1 Å². The van der Waals surface area contributed by atoms with Gasteiger partial charge in [-0.25, -0.2) is 0 Å². The zero-order chi connectivity index (χ0) is 23.0. The number of thiocarbonyl (C=S) groups is 1. The van der Waals surface area contributed by atoms with E-state index in [2.05, 4.69) is 67.2 Å². The van der Waals surface area contributed by atoms with Crippen LogP contribution in [0.5, 0.6) is 0 Å². The fourth-order valence-corrected chi connectivity index (χ4v) is 5.28. The second-order valence-electron chi connectivity index (χ2n) is 10.2. The average molecular weight is 446 g/mol. The first-order valence-electron chi connectivity index (χ1n) is 10.7. The number of nitrogens with zero attached hydrogens (tertiary/aromatic N) is 1. The van der Waals surface area contributed by atoms with E-state index in [4.69, 9.17) is 17.0 Å². The van der Waals surface area contributed by atoms with Gasteiger partial charge >= 0.3 is 5.97 Å². The summed E-state index contributed by atoms with van der Waals surface area (Å²) in [6.07, 6.45) is 2.22. The van der Waals surface area contributed by atoms with Gasteiger partial charge in [0.15, 0.2) is 0 Å². The lowest BCUT2D eigenvalue weighted by atomic mass is 9.65. The molecule has 0 saturated carbocycles. The fourth-order valence-electron chi connectivity index (χ4n) is 3.37. The van der Waals surface area contributed by atoms with Gasteiger partial charge in [-0.2, -0.15) is 0 Å². The topological polar surface area (TPSA) is 46.6 Å². The Morgan fingerprint density at radius 2 is 1.59 bits per heavy atom. The van der Waals surface area contributed by atoms with E-state index < -0.39 is 4.75 Å². The minimum Gasteiger partial charge on any atom is -0.465 e. The number of rotatable bonds is 10. The first-order chi connectivity index (χ1) is 13.1. The predicted molar refractivity (Wildman–Crippen MR) is 129 cm³/mol. The molecule has 3 atom stereocenters. The molecule has 0 amide bonds. The molecule has 0 N–H and O–H groups in total. The molecule has 4 nitrogen and oxygen atoms in total. The van der Waals surface area contributed by atoms with Crippen LogP contribution in [-0.2, 0) is 14.3 Å². The van der Waals surface area contributed by atoms with Crippen molar-refractivity contribution in [3.63, 3.8) is 0 Å². The standard InChI is InChI=1S/C23H43NO3S2/c1-11-24(12-2)20(28)29-23(10,16-25)14-13-15-27-19(26)18(22(7,8)9)17(3)21(4,5)6/h16-18H,11-15H2,1-10H3. The van der Waals surface area contributed by atoms with Crippen molar-refractivity contribution in [3.8, 4) is 0 Å². The summed E-state index contributed by atoms with van der Waals surface area (Å²) in [6, 6.07) is 0. The zero-order valence-electron chi connectivity index (χ0n) is 20.3. The number of ether oxygens (including phenoxy) is 1. The summed E-state index contributed by atoms with van der Waals surface area (Å²) in [5, 5.41) is 0. The molecular formula is C23H43NO3S2. The van der Waals surface area contributed by atoms with Gasteiger partial charge in [-0.05, 0) is 50.4 Å². The molecule has 3 unspecified atom stereocenters. The maximum atomic E-state index is 12.9. The molecule has 0 aromatic carbocycles. The van der Waals surface area contributed by atoms with Crippen molar-refractivity contribution < 1.29 is 14.3 Å². The molecular weight excluding hydrogens is 402 g/mol. The van der Waals surface area contributed by atoms with E-state index in [1.807, 2.05) is 6.92 Å². The summed E-state index contributed by atoms with van der Waals surface area (Å²) >= 11 is 6.92. The second-order valence-corrected chi connectivity index (χ2v) is 12.4. The summed E-state index contributed by atoms with van der Waals surface area (Å²) < 4.78 is 5.82. The third kappa shape index (κ3) is 9.37. The molecule has 0 aliphatic rings. The van der Waals surface area contributed by atoms with Crippen LogP contribution in [0.3, 0.4) is 0 Å². The molecule has 0 spiro atoms. The van der Waals surface area contributed by atoms with Gasteiger partial charge in [-0.3, -0.25) is 4.79 Å². The molecule has 6 heteroatoms. The number of carbonyl (C=O) groups excluding carboxylic acids is 2. The van der Waals surface area contributed by atoms with E-state index in [1.165, 1.54) is 11.8 Å². The van der Waals surface area contributed by atoms with Crippen molar-refractivity contribution in [1.82, 2.24) is 4.90 Å². The van der Waals surface area contributed by atoms with Crippen molar-refractivity contribution in [1.29, 1.82) is 0 Å². The lowest BCUT2D eigenvalue weighted by Crippen LogP contribution is -2.40. The van der Waals surface area contributed by atoms with Crippen LogP contribution in [-0.4, -0.2) is 45.9 Å². The van der Waals surface area contributed by atoms with Gasteiger partial charge < -0.3 is 14.4 Å². The summed E-state index contributed by atoms with van der Waals surface area (Å²) in [4.78, 5) is 26.7. The fraction of sp³-hybridized carbons (Fsp3) is 0.870. The molecule has 29 heavy (non-hydrogen) atoms. The van der Waals surface area contributed by atoms with E-state index in [0.29, 0.717) is 19.4 Å². The average Bonchev–Trinajstić information content (AvgIpc) is 2.57. The van der Waals surface area contributed by atoms with Crippen LogP contribution in [0.2, 0.25) is 0 Å². The largest absolute Gasteiger partial charge is 0.465 e. The van der Waals surface area contributed by atoms with Crippen molar-refractivity contribution in [2.45, 2.75) is 86.8 Å². The van der Waals surface area contributed by atoms with Gasteiger partial charge in [-0.1, -0.05) is 72.4 Å². The molecule has 0 saturated heterocycles. The monoisotopic (exact) mass is 445 g/mol. The minimum absolute atomic E-state index is 0.0177. The summed E-state index contributed by atoms with van der Waals surface area (Å²) in [5.74, 6) is -0.124. The SMILES string of the molecule is CCN(CC)C(=S)SC(C)(C=O)CCCOC(=O)C(C(C)C(C)(C)C)C(C)(C)C. The van der Waals surface area contributed by atoms with E-state index in [1.54, 1.807) is 0 Å². The molecule has 0 aliphatic carbocycles. The Balaban J connectivity index is 4.88. The molecule has 0 bridgehead atoms. The van der Waals surface area contributed by atoms with E-state index in [0.717, 1.165) is 23.7 Å². The highest BCUT2D eigenvalue weighted by molar-refractivity contribution is 8.24. The Kier molecular flexibility index (Phi) is 11.4. The van der Waals surface area contributed by atoms with Crippen LogP contribution < -0.4 is 0 Å². The van der Waals surface area contributed by atoms with Gasteiger partial charge in [0.2, 0.25) is 0 Å². The van der Waals surface area contributed by atoms with Crippen LogP contribution in [0.15, 0.2) is 0 Å². The first-order valence-corrected chi connectivity index (χ1v) is 12.0. The Morgan fingerprint density at radius 3 is 1.97 bits per heavy atom. The smallest absolute Gasteiger partial charge is 0.309 e. The second kappa shape index (κ2) is 11.7. The van der Waals surface area contributed by atoms with Gasteiger partial charge in [0.25, 0.3) is 0 Å². The number of hydrogen-bond acceptors (Lipinski definition) is 5. The van der Waals surface area contributed by atoms with Gasteiger partial charge in [-0.15, -0.1) is 0 Å². The predicted octanol–water partition coefficient (Wildman–Crippen LogP) is 5.97. The zero-order valence-corrected chi connectivity index (χ0v) is 21.9. The third-order valence-corrected chi connectivity index (χ3v) is 7.41. The highest BCUT2D eigenvalue weighted by Crippen LogP contribution is 2.41. The molecule has 0 heterocycles. The third-order valence-electron chi connectivity index (χ3n) is 5.71. The normalized spacial score (nSPS) is 16.5. The number of hydrogen-bond donors (Lipinski definition) is 0. The van der Waals surface area contributed by atoms with E-state index in [9.17, 15) is 9.59 Å². The highest BCUT2D eigenvalue weighted by atomic mass is 32.2. The molecule has 170 valence electrons. The lowest BCUT2D eigenvalue weighted by molar-refractivity contribution is -0.157. The van der Waals surface area contributed by atoms with Crippen LogP contribution in [0.25, 0.3) is 0 Å². The van der Waals surface area contributed by atoms with Crippen molar-refractivity contribution in [2.24, 2.45) is 22.7 Å². The molecule has 0 fully saturated rings. The van der Waals surface area contributed by atoms with Gasteiger partial charge in [0.05, 0.1) is 17.3 Å². The number of aldehydes is 1. The first kappa shape index (κ1) is 28.4.